The summed E-state index contributed by atoms with van der Waals surface area (Å²) in [5, 5.41) is 17.4. The van der Waals surface area contributed by atoms with Crippen LogP contribution in [0.4, 0.5) is 32.0 Å². The number of aliphatic hydroxyl groups is 1. The summed E-state index contributed by atoms with van der Waals surface area (Å²) in [4.78, 5) is 19.0. The molecule has 0 unspecified atom stereocenters. The summed E-state index contributed by atoms with van der Waals surface area (Å²) in [5.74, 6) is -2.50. The van der Waals surface area contributed by atoms with Crippen molar-refractivity contribution in [2.75, 3.05) is 12.3 Å². The van der Waals surface area contributed by atoms with Gasteiger partial charge in [0, 0.05) is 12.6 Å². The van der Waals surface area contributed by atoms with Gasteiger partial charge >= 0.3 is 12.4 Å². The third kappa shape index (κ3) is 5.77. The van der Waals surface area contributed by atoms with Crippen molar-refractivity contribution in [1.29, 1.82) is 0 Å². The molecular weight excluding hydrogens is 544 g/mol. The molecule has 4 rings (SSSR count). The quantitative estimate of drug-likeness (QED) is 0.393. The summed E-state index contributed by atoms with van der Waals surface area (Å²) in [6, 6.07) is 0.126. The van der Waals surface area contributed by atoms with Gasteiger partial charge in [0.25, 0.3) is 17.7 Å². The Kier molecular flexibility index (Phi) is 7.89. The normalized spacial score (nSPS) is 25.6. The van der Waals surface area contributed by atoms with Crippen LogP contribution in [0.15, 0.2) is 10.5 Å². The van der Waals surface area contributed by atoms with Gasteiger partial charge in [-0.1, -0.05) is 27.2 Å². The number of anilines is 1. The van der Waals surface area contributed by atoms with Crippen LogP contribution in [0.25, 0.3) is 11.6 Å². The molecule has 3 N–H and O–H groups in total. The van der Waals surface area contributed by atoms with Crippen LogP contribution in [-0.2, 0) is 11.8 Å². The van der Waals surface area contributed by atoms with Crippen molar-refractivity contribution in [2.24, 2.45) is 11.3 Å². The lowest BCUT2D eigenvalue weighted by atomic mass is 9.71. The Morgan fingerprint density at radius 2 is 1.65 bits per heavy atom. The third-order valence-electron chi connectivity index (χ3n) is 8.07. The van der Waals surface area contributed by atoms with E-state index in [-0.39, 0.29) is 37.3 Å². The number of pyridine rings is 1. The Morgan fingerprint density at radius 3 is 2.23 bits per heavy atom. The fraction of sp³-hybridized carbons (Fsp3) is 0.692. The second kappa shape index (κ2) is 10.5. The Hall–Kier alpha value is -2.90. The number of nitrogen functional groups attached to an aromatic ring is 1. The first-order valence-corrected chi connectivity index (χ1v) is 13.3. The number of hydrogen-bond acceptors (Lipinski definition) is 7. The number of carbonyl (C=O) groups excluding carboxylic acids is 1. The van der Waals surface area contributed by atoms with Crippen LogP contribution < -0.4 is 5.73 Å². The first-order chi connectivity index (χ1) is 18.4. The fourth-order valence-corrected chi connectivity index (χ4v) is 5.61. The van der Waals surface area contributed by atoms with E-state index < -0.39 is 64.7 Å². The predicted molar refractivity (Wildman–Crippen MR) is 132 cm³/mol. The molecule has 2 aliphatic rings. The highest BCUT2D eigenvalue weighted by atomic mass is 19.4. The second-order valence-corrected chi connectivity index (χ2v) is 11.8. The molecule has 2 aromatic rings. The lowest BCUT2D eigenvalue weighted by molar-refractivity contribution is -0.277. The molecule has 0 spiro atoms. The minimum Gasteiger partial charge on any atom is -0.416 e. The molecule has 14 heteroatoms. The van der Waals surface area contributed by atoms with Gasteiger partial charge in [0.05, 0.1) is 11.3 Å². The number of alkyl halides is 6. The highest BCUT2D eigenvalue weighted by molar-refractivity contribution is 5.95. The summed E-state index contributed by atoms with van der Waals surface area (Å²) < 4.78 is 89.1. The minimum atomic E-state index is -5.17. The number of hydrogen-bond donors (Lipinski definition) is 2. The van der Waals surface area contributed by atoms with E-state index >= 15 is 0 Å². The van der Waals surface area contributed by atoms with Crippen LogP contribution in [0.1, 0.15) is 94.1 Å². The molecule has 40 heavy (non-hydrogen) atoms. The average molecular weight is 578 g/mol. The molecule has 1 amide bonds. The van der Waals surface area contributed by atoms with Crippen LogP contribution in [0.3, 0.4) is 0 Å². The topological polar surface area (TPSA) is 118 Å². The Bertz CT molecular complexity index is 1230. The van der Waals surface area contributed by atoms with E-state index in [1.54, 1.807) is 0 Å². The maximum Gasteiger partial charge on any atom is 0.426 e. The van der Waals surface area contributed by atoms with Gasteiger partial charge in [0.2, 0.25) is 5.60 Å². The van der Waals surface area contributed by atoms with Crippen molar-refractivity contribution in [3.63, 3.8) is 0 Å². The summed E-state index contributed by atoms with van der Waals surface area (Å²) >= 11 is 0. The molecule has 1 fully saturated rings. The first kappa shape index (κ1) is 30.1. The summed E-state index contributed by atoms with van der Waals surface area (Å²) in [6.07, 6.45) is -8.04. The number of carbonyl (C=O) groups is 1. The highest BCUT2D eigenvalue weighted by Gasteiger charge is 2.58. The van der Waals surface area contributed by atoms with Gasteiger partial charge in [-0.25, -0.2) is 4.98 Å². The van der Waals surface area contributed by atoms with Crippen LogP contribution in [0, 0.1) is 11.3 Å². The van der Waals surface area contributed by atoms with Crippen molar-refractivity contribution < 1.29 is 40.7 Å². The molecule has 1 saturated carbocycles. The predicted octanol–water partition coefficient (Wildman–Crippen LogP) is 6.10. The molecule has 0 saturated heterocycles. The van der Waals surface area contributed by atoms with Gasteiger partial charge in [0.1, 0.15) is 5.69 Å². The molecule has 1 aliphatic heterocycles. The summed E-state index contributed by atoms with van der Waals surface area (Å²) in [5.41, 5.74) is -1.17. The Balaban J connectivity index is 1.81. The van der Waals surface area contributed by atoms with E-state index in [0.717, 1.165) is 12.8 Å². The van der Waals surface area contributed by atoms with Crippen molar-refractivity contribution in [3.05, 3.63) is 23.2 Å². The van der Waals surface area contributed by atoms with Crippen molar-refractivity contribution in [1.82, 2.24) is 20.1 Å². The van der Waals surface area contributed by atoms with E-state index in [1.807, 2.05) is 0 Å². The van der Waals surface area contributed by atoms with E-state index in [4.69, 9.17) is 10.2 Å². The molecular formula is C26H33F6N5O3. The number of nitrogens with zero attached hydrogens (tertiary/aromatic N) is 4. The molecule has 2 aromatic heterocycles. The standard InChI is InChI=1S/C26H33F6N5O3/c1-23(2,3)14-7-9-15(10-8-14)37-12-6-4-5-11-24(39,26(30,31)32)22-36-35-20(40-22)19-17(33)13-16(25(27,28)29)18(34-19)21(37)38/h13-15,39H,4-12,33H2,1-3H3/t14-,15-,24-/m1/s1. The average Bonchev–Trinajstić information content (AvgIpc) is 3.34. The summed E-state index contributed by atoms with van der Waals surface area (Å²) in [7, 11) is 0. The van der Waals surface area contributed by atoms with Crippen molar-refractivity contribution in [2.45, 2.75) is 96.1 Å². The number of nitrogens with two attached hydrogens (primary N) is 1. The van der Waals surface area contributed by atoms with Crippen LogP contribution in [-0.4, -0.2) is 49.9 Å². The molecule has 0 aromatic carbocycles. The smallest absolute Gasteiger partial charge is 0.416 e. The molecule has 3 heterocycles. The van der Waals surface area contributed by atoms with Crippen LogP contribution in [0.2, 0.25) is 0 Å². The highest BCUT2D eigenvalue weighted by Crippen LogP contribution is 2.44. The summed E-state index contributed by atoms with van der Waals surface area (Å²) in [6.45, 7) is 6.37. The van der Waals surface area contributed by atoms with Gasteiger partial charge < -0.3 is 20.2 Å². The molecule has 1 atom stereocenters. The Morgan fingerprint density at radius 1 is 1.00 bits per heavy atom. The van der Waals surface area contributed by atoms with E-state index in [2.05, 4.69) is 36.0 Å². The van der Waals surface area contributed by atoms with Crippen molar-refractivity contribution in [3.8, 4) is 11.6 Å². The zero-order chi connectivity index (χ0) is 29.7. The molecule has 8 nitrogen and oxygen atoms in total. The molecule has 222 valence electrons. The molecule has 4 bridgehead atoms. The molecule has 1 aliphatic carbocycles. The van der Waals surface area contributed by atoms with Crippen LogP contribution >= 0.6 is 0 Å². The zero-order valence-electron chi connectivity index (χ0n) is 22.5. The van der Waals surface area contributed by atoms with E-state index in [1.165, 1.54) is 4.90 Å². The Labute approximate surface area is 227 Å². The monoisotopic (exact) mass is 577 g/mol. The van der Waals surface area contributed by atoms with Gasteiger partial charge in [-0.15, -0.1) is 10.2 Å². The number of rotatable bonds is 1. The first-order valence-electron chi connectivity index (χ1n) is 13.3. The lowest BCUT2D eigenvalue weighted by Crippen LogP contribution is -2.45. The van der Waals surface area contributed by atoms with Gasteiger partial charge in [0.15, 0.2) is 5.69 Å². The second-order valence-electron chi connectivity index (χ2n) is 11.8. The van der Waals surface area contributed by atoms with Crippen molar-refractivity contribution >= 4 is 11.6 Å². The SMILES string of the molecule is CC(C)(C)[C@H]1CC[C@H](N2CCCCC[C@](O)(C(F)(F)F)c3nnc(o3)-c3nc(c(C(F)(F)F)cc3N)C2=O)CC1. The van der Waals surface area contributed by atoms with Gasteiger partial charge in [-0.05, 0) is 62.3 Å². The van der Waals surface area contributed by atoms with E-state index in [9.17, 15) is 36.2 Å². The fourth-order valence-electron chi connectivity index (χ4n) is 5.61. The van der Waals surface area contributed by atoms with Gasteiger partial charge in [-0.2, -0.15) is 26.3 Å². The van der Waals surface area contributed by atoms with Crippen LogP contribution in [0.5, 0.6) is 0 Å². The maximum atomic E-state index is 14.1. The molecule has 0 radical (unpaired) electrons. The van der Waals surface area contributed by atoms with Gasteiger partial charge in [-0.3, -0.25) is 4.79 Å². The number of amides is 1. The number of aromatic nitrogens is 3. The van der Waals surface area contributed by atoms with E-state index in [0.29, 0.717) is 24.8 Å². The lowest BCUT2D eigenvalue weighted by Gasteiger charge is -2.41. The largest absolute Gasteiger partial charge is 0.426 e. The number of halogens is 6. The third-order valence-corrected chi connectivity index (χ3v) is 8.07. The number of fused-ring (bicyclic) bond motifs is 5. The minimum absolute atomic E-state index is 0.0191. The maximum absolute atomic E-state index is 14.1. The zero-order valence-corrected chi connectivity index (χ0v) is 22.5.